The van der Waals surface area contributed by atoms with E-state index in [1.807, 2.05) is 19.1 Å². The lowest BCUT2D eigenvalue weighted by Gasteiger charge is -2.34. The number of likely N-dealkylation sites (tertiary alicyclic amines) is 1. The number of hydrogen-bond acceptors (Lipinski definition) is 4. The van der Waals surface area contributed by atoms with Crippen LogP contribution in [-0.2, 0) is 4.79 Å². The lowest BCUT2D eigenvalue weighted by atomic mass is 9.96. The Labute approximate surface area is 133 Å². The van der Waals surface area contributed by atoms with Gasteiger partial charge in [-0.3, -0.25) is 9.69 Å². The molecule has 1 aliphatic heterocycles. The largest absolute Gasteiger partial charge is 0.468 e. The van der Waals surface area contributed by atoms with E-state index < -0.39 is 5.54 Å². The molecule has 1 amide bonds. The first kappa shape index (κ1) is 17.0. The predicted octanol–water partition coefficient (Wildman–Crippen LogP) is 2.44. The Morgan fingerprint density at radius 1 is 1.45 bits per heavy atom. The van der Waals surface area contributed by atoms with E-state index in [2.05, 4.69) is 10.2 Å². The van der Waals surface area contributed by atoms with Crippen LogP contribution in [0.3, 0.4) is 0 Å². The van der Waals surface area contributed by atoms with E-state index in [9.17, 15) is 4.79 Å². The molecule has 2 atom stereocenters. The van der Waals surface area contributed by atoms with E-state index >= 15 is 0 Å². The van der Waals surface area contributed by atoms with Crippen molar-refractivity contribution in [2.75, 3.05) is 19.6 Å². The average Bonchev–Trinajstić information content (AvgIpc) is 3.02. The Bertz CT molecular complexity index is 450. The molecule has 0 saturated carbocycles. The molecule has 0 bridgehead atoms. The van der Waals surface area contributed by atoms with Crippen LogP contribution in [0.1, 0.15) is 57.8 Å². The molecule has 1 fully saturated rings. The zero-order chi connectivity index (χ0) is 16.0. The Morgan fingerprint density at radius 3 is 2.77 bits per heavy atom. The van der Waals surface area contributed by atoms with Crippen molar-refractivity contribution in [3.63, 3.8) is 0 Å². The van der Waals surface area contributed by atoms with Crippen LogP contribution >= 0.6 is 0 Å². The molecule has 5 nitrogen and oxygen atoms in total. The molecular weight excluding hydrogens is 278 g/mol. The Hall–Kier alpha value is -1.33. The van der Waals surface area contributed by atoms with Gasteiger partial charge in [-0.05, 0) is 51.4 Å². The van der Waals surface area contributed by atoms with Crippen molar-refractivity contribution < 1.29 is 9.21 Å². The fourth-order valence-electron chi connectivity index (χ4n) is 3.14. The summed E-state index contributed by atoms with van der Waals surface area (Å²) in [5, 5.41) is 3.03. The summed E-state index contributed by atoms with van der Waals surface area (Å²) in [6.07, 6.45) is 6.97. The minimum absolute atomic E-state index is 0.0806. The quantitative estimate of drug-likeness (QED) is 0.811. The zero-order valence-electron chi connectivity index (χ0n) is 13.8. The number of nitrogens with two attached hydrogens (primary N) is 1. The van der Waals surface area contributed by atoms with Gasteiger partial charge in [0.05, 0.1) is 17.8 Å². The van der Waals surface area contributed by atoms with Gasteiger partial charge >= 0.3 is 0 Å². The molecule has 22 heavy (non-hydrogen) atoms. The van der Waals surface area contributed by atoms with Gasteiger partial charge in [-0.25, -0.2) is 0 Å². The fourth-order valence-corrected chi connectivity index (χ4v) is 3.14. The van der Waals surface area contributed by atoms with Gasteiger partial charge in [0.1, 0.15) is 5.76 Å². The lowest BCUT2D eigenvalue weighted by Crippen LogP contribution is -2.53. The van der Waals surface area contributed by atoms with Crippen molar-refractivity contribution in [3.05, 3.63) is 24.2 Å². The number of amides is 1. The van der Waals surface area contributed by atoms with E-state index in [1.54, 1.807) is 13.2 Å². The number of furan rings is 1. The molecule has 0 spiro atoms. The first-order chi connectivity index (χ1) is 10.5. The summed E-state index contributed by atoms with van der Waals surface area (Å²) in [7, 11) is 0. The van der Waals surface area contributed by atoms with Crippen LogP contribution in [0, 0.1) is 0 Å². The van der Waals surface area contributed by atoms with Crippen molar-refractivity contribution >= 4 is 5.91 Å². The first-order valence-corrected chi connectivity index (χ1v) is 8.39. The fraction of sp³-hybridized carbons (Fsp3) is 0.706. The molecule has 1 aliphatic rings. The second-order valence-electron chi connectivity index (χ2n) is 6.51. The SMILES string of the molecule is CCCC(C)(N)C(=O)NCC(c1ccco1)N1CCCCC1. The van der Waals surface area contributed by atoms with Gasteiger partial charge in [-0.15, -0.1) is 0 Å². The van der Waals surface area contributed by atoms with Crippen LogP contribution in [0.15, 0.2) is 22.8 Å². The second-order valence-corrected chi connectivity index (χ2v) is 6.51. The summed E-state index contributed by atoms with van der Waals surface area (Å²) in [4.78, 5) is 14.7. The summed E-state index contributed by atoms with van der Waals surface area (Å²) in [5.74, 6) is 0.833. The molecule has 0 aliphatic carbocycles. The van der Waals surface area contributed by atoms with E-state index in [1.165, 1.54) is 19.3 Å². The van der Waals surface area contributed by atoms with Crippen LogP contribution in [0.5, 0.6) is 0 Å². The van der Waals surface area contributed by atoms with Crippen LogP contribution in [-0.4, -0.2) is 36.0 Å². The first-order valence-electron chi connectivity index (χ1n) is 8.39. The van der Waals surface area contributed by atoms with E-state index in [-0.39, 0.29) is 11.9 Å². The average molecular weight is 307 g/mol. The van der Waals surface area contributed by atoms with Crippen LogP contribution in [0.4, 0.5) is 0 Å². The maximum Gasteiger partial charge on any atom is 0.239 e. The molecular formula is C17H29N3O2. The van der Waals surface area contributed by atoms with Gasteiger partial charge in [-0.2, -0.15) is 0 Å². The number of nitrogens with zero attached hydrogens (tertiary/aromatic N) is 1. The summed E-state index contributed by atoms with van der Waals surface area (Å²) in [5.41, 5.74) is 5.30. The molecule has 2 rings (SSSR count). The molecule has 0 radical (unpaired) electrons. The topological polar surface area (TPSA) is 71.5 Å². The van der Waals surface area contributed by atoms with Crippen molar-refractivity contribution in [2.45, 2.75) is 57.5 Å². The second kappa shape index (κ2) is 7.79. The van der Waals surface area contributed by atoms with Crippen molar-refractivity contribution in [1.82, 2.24) is 10.2 Å². The van der Waals surface area contributed by atoms with Gasteiger partial charge in [0.2, 0.25) is 5.91 Å². The van der Waals surface area contributed by atoms with Gasteiger partial charge in [0, 0.05) is 6.54 Å². The summed E-state index contributed by atoms with van der Waals surface area (Å²) < 4.78 is 5.59. The van der Waals surface area contributed by atoms with Gasteiger partial charge in [0.15, 0.2) is 0 Å². The van der Waals surface area contributed by atoms with Gasteiger partial charge in [-0.1, -0.05) is 19.8 Å². The third-order valence-corrected chi connectivity index (χ3v) is 4.45. The van der Waals surface area contributed by atoms with Gasteiger partial charge < -0.3 is 15.5 Å². The monoisotopic (exact) mass is 307 g/mol. The Balaban J connectivity index is 1.99. The van der Waals surface area contributed by atoms with Gasteiger partial charge in [0.25, 0.3) is 0 Å². The predicted molar refractivity (Wildman–Crippen MR) is 87.4 cm³/mol. The third kappa shape index (κ3) is 4.34. The molecule has 0 aromatic carbocycles. The molecule has 1 aromatic rings. The van der Waals surface area contributed by atoms with E-state index in [0.29, 0.717) is 13.0 Å². The molecule has 1 aromatic heterocycles. The standard InChI is InChI=1S/C17H29N3O2/c1-3-9-17(2,18)16(21)19-13-14(15-8-7-12-22-15)20-10-5-4-6-11-20/h7-8,12,14H,3-6,9-11,13,18H2,1-2H3,(H,19,21). The normalized spacial score (nSPS) is 20.3. The van der Waals surface area contributed by atoms with Crippen LogP contribution in [0.25, 0.3) is 0 Å². The highest BCUT2D eigenvalue weighted by molar-refractivity contribution is 5.85. The molecule has 3 N–H and O–H groups in total. The van der Waals surface area contributed by atoms with Crippen molar-refractivity contribution in [3.8, 4) is 0 Å². The van der Waals surface area contributed by atoms with Crippen LogP contribution < -0.4 is 11.1 Å². The number of hydrogen-bond donors (Lipinski definition) is 2. The van der Waals surface area contributed by atoms with Crippen molar-refractivity contribution in [1.29, 1.82) is 0 Å². The number of carbonyl (C=O) groups is 1. The zero-order valence-corrected chi connectivity index (χ0v) is 13.8. The number of carbonyl (C=O) groups excluding carboxylic acids is 1. The Morgan fingerprint density at radius 2 is 2.18 bits per heavy atom. The Kier molecular flexibility index (Phi) is 6.03. The van der Waals surface area contributed by atoms with Crippen molar-refractivity contribution in [2.24, 2.45) is 5.73 Å². The summed E-state index contributed by atoms with van der Waals surface area (Å²) in [6, 6.07) is 3.98. The smallest absolute Gasteiger partial charge is 0.239 e. The number of piperidine rings is 1. The highest BCUT2D eigenvalue weighted by Gasteiger charge is 2.30. The molecule has 2 heterocycles. The highest BCUT2D eigenvalue weighted by atomic mass is 16.3. The lowest BCUT2D eigenvalue weighted by molar-refractivity contribution is -0.126. The third-order valence-electron chi connectivity index (χ3n) is 4.45. The molecule has 5 heteroatoms. The van der Waals surface area contributed by atoms with E-state index in [0.717, 1.165) is 25.3 Å². The van der Waals surface area contributed by atoms with E-state index in [4.69, 9.17) is 10.2 Å². The molecule has 124 valence electrons. The maximum absolute atomic E-state index is 12.3. The number of nitrogens with one attached hydrogen (secondary N) is 1. The minimum atomic E-state index is -0.801. The van der Waals surface area contributed by atoms with Crippen LogP contribution in [0.2, 0.25) is 0 Å². The minimum Gasteiger partial charge on any atom is -0.468 e. The summed E-state index contributed by atoms with van der Waals surface area (Å²) in [6.45, 7) is 6.49. The number of rotatable bonds is 7. The molecule has 2 unspecified atom stereocenters. The highest BCUT2D eigenvalue weighted by Crippen LogP contribution is 2.24. The summed E-state index contributed by atoms with van der Waals surface area (Å²) >= 11 is 0. The molecule has 1 saturated heterocycles. The maximum atomic E-state index is 12.3.